The monoisotopic (exact) mass is 244 g/mol. The Hall–Kier alpha value is -1.48. The first kappa shape index (κ1) is 12.0. The van der Waals surface area contributed by atoms with Crippen LogP contribution in [0.25, 0.3) is 0 Å². The van der Waals surface area contributed by atoms with Crippen LogP contribution in [0, 0.1) is 0 Å². The van der Waals surface area contributed by atoms with Crippen molar-refractivity contribution >= 4 is 17.4 Å². The Morgan fingerprint density at radius 2 is 1.94 bits per heavy atom. The summed E-state index contributed by atoms with van der Waals surface area (Å²) >= 11 is 1.85. The molecule has 88 valence electrons. The summed E-state index contributed by atoms with van der Waals surface area (Å²) < 4.78 is 0. The van der Waals surface area contributed by atoms with E-state index < -0.39 is 0 Å². The van der Waals surface area contributed by atoms with Gasteiger partial charge in [-0.25, -0.2) is 0 Å². The van der Waals surface area contributed by atoms with E-state index in [1.54, 1.807) is 0 Å². The van der Waals surface area contributed by atoms with Crippen LogP contribution in [0.4, 0.5) is 5.69 Å². The molecule has 1 heterocycles. The first-order valence-corrected chi connectivity index (χ1v) is 6.74. The van der Waals surface area contributed by atoms with Crippen LogP contribution < -0.4 is 5.32 Å². The first-order valence-electron chi connectivity index (χ1n) is 5.75. The highest BCUT2D eigenvalue weighted by Gasteiger charge is 2.01. The lowest BCUT2D eigenvalue weighted by Gasteiger charge is -2.10. The fourth-order valence-electron chi connectivity index (χ4n) is 1.58. The van der Waals surface area contributed by atoms with Crippen molar-refractivity contribution in [1.29, 1.82) is 0 Å². The average Bonchev–Trinajstić information content (AvgIpc) is 2.39. The quantitative estimate of drug-likeness (QED) is 0.810. The molecule has 1 aromatic carbocycles. The molecule has 0 fully saturated rings. The maximum Gasteiger partial charge on any atom is 0.0594 e. The Labute approximate surface area is 106 Å². The van der Waals surface area contributed by atoms with Crippen molar-refractivity contribution < 1.29 is 0 Å². The lowest BCUT2D eigenvalue weighted by Crippen LogP contribution is -2.02. The number of rotatable bonds is 5. The fourth-order valence-corrected chi connectivity index (χ4v) is 2.36. The molecule has 0 spiro atoms. The number of hydrogen-bond acceptors (Lipinski definition) is 3. The van der Waals surface area contributed by atoms with Crippen LogP contribution in [0.1, 0.15) is 12.6 Å². The predicted octanol–water partition coefficient (Wildman–Crippen LogP) is 3.81. The van der Waals surface area contributed by atoms with E-state index >= 15 is 0 Å². The molecule has 0 atom stereocenters. The van der Waals surface area contributed by atoms with Gasteiger partial charge >= 0.3 is 0 Å². The van der Waals surface area contributed by atoms with Gasteiger partial charge in [0.05, 0.1) is 12.2 Å². The molecule has 0 unspecified atom stereocenters. The van der Waals surface area contributed by atoms with E-state index in [0.717, 1.165) is 18.0 Å². The molecule has 1 N–H and O–H groups in total. The molecule has 0 aliphatic heterocycles. The molecule has 0 amide bonds. The van der Waals surface area contributed by atoms with Gasteiger partial charge in [0, 0.05) is 16.8 Å². The zero-order valence-electron chi connectivity index (χ0n) is 9.89. The molecular formula is C14H16N2S. The van der Waals surface area contributed by atoms with Crippen LogP contribution in [0.5, 0.6) is 0 Å². The van der Waals surface area contributed by atoms with Crippen LogP contribution in [0.2, 0.25) is 0 Å². The third-order valence-corrected chi connectivity index (χ3v) is 3.33. The second-order valence-corrected chi connectivity index (χ2v) is 4.91. The van der Waals surface area contributed by atoms with Crippen LogP contribution in [-0.2, 0) is 6.54 Å². The number of benzene rings is 1. The van der Waals surface area contributed by atoms with Gasteiger partial charge in [0.1, 0.15) is 0 Å². The fraction of sp³-hybridized carbons (Fsp3) is 0.214. The van der Waals surface area contributed by atoms with Crippen LogP contribution in [0.15, 0.2) is 53.6 Å². The molecule has 0 bridgehead atoms. The second kappa shape index (κ2) is 6.30. The molecule has 3 heteroatoms. The summed E-state index contributed by atoms with van der Waals surface area (Å²) in [5, 5.41) is 3.43. The summed E-state index contributed by atoms with van der Waals surface area (Å²) in [6.07, 6.45) is 1.82. The molecule has 2 nitrogen and oxygen atoms in total. The molecule has 0 aliphatic carbocycles. The maximum absolute atomic E-state index is 4.30. The lowest BCUT2D eigenvalue weighted by atomic mass is 10.3. The molecule has 0 saturated carbocycles. The predicted molar refractivity (Wildman–Crippen MR) is 74.4 cm³/mol. The number of pyridine rings is 1. The summed E-state index contributed by atoms with van der Waals surface area (Å²) in [6, 6.07) is 14.4. The van der Waals surface area contributed by atoms with Gasteiger partial charge in [-0.05, 0) is 30.0 Å². The molecule has 0 saturated heterocycles. The molecule has 0 aliphatic rings. The summed E-state index contributed by atoms with van der Waals surface area (Å²) in [6.45, 7) is 2.93. The Morgan fingerprint density at radius 3 is 2.71 bits per heavy atom. The average molecular weight is 244 g/mol. The van der Waals surface area contributed by atoms with Crippen molar-refractivity contribution in [2.24, 2.45) is 0 Å². The highest BCUT2D eigenvalue weighted by atomic mass is 32.2. The standard InChI is InChI=1S/C14H16N2S/c1-2-17-14-9-4-3-8-13(14)16-11-12-7-5-6-10-15-12/h3-10,16H,2,11H2,1H3. The molecule has 2 aromatic rings. The molecular weight excluding hydrogens is 228 g/mol. The number of nitrogens with zero attached hydrogens (tertiary/aromatic N) is 1. The number of anilines is 1. The van der Waals surface area contributed by atoms with E-state index in [1.165, 1.54) is 10.6 Å². The van der Waals surface area contributed by atoms with Crippen LogP contribution in [-0.4, -0.2) is 10.7 Å². The van der Waals surface area contributed by atoms with Crippen molar-refractivity contribution in [3.63, 3.8) is 0 Å². The van der Waals surface area contributed by atoms with Crippen molar-refractivity contribution in [2.75, 3.05) is 11.1 Å². The minimum absolute atomic E-state index is 0.766. The summed E-state index contributed by atoms with van der Waals surface area (Å²) in [7, 11) is 0. The van der Waals surface area contributed by atoms with Crippen LogP contribution in [0.3, 0.4) is 0 Å². The lowest BCUT2D eigenvalue weighted by molar-refractivity contribution is 1.04. The molecule has 17 heavy (non-hydrogen) atoms. The minimum atomic E-state index is 0.766. The topological polar surface area (TPSA) is 24.9 Å². The van der Waals surface area contributed by atoms with Gasteiger partial charge in [0.15, 0.2) is 0 Å². The van der Waals surface area contributed by atoms with Crippen molar-refractivity contribution in [3.8, 4) is 0 Å². The molecule has 0 radical (unpaired) electrons. The van der Waals surface area contributed by atoms with E-state index in [9.17, 15) is 0 Å². The highest BCUT2D eigenvalue weighted by molar-refractivity contribution is 7.99. The van der Waals surface area contributed by atoms with Gasteiger partial charge in [0.2, 0.25) is 0 Å². The Balaban J connectivity index is 2.03. The van der Waals surface area contributed by atoms with Gasteiger partial charge in [0.25, 0.3) is 0 Å². The van der Waals surface area contributed by atoms with Gasteiger partial charge in [-0.1, -0.05) is 25.1 Å². The Kier molecular flexibility index (Phi) is 4.45. The van der Waals surface area contributed by atoms with Crippen LogP contribution >= 0.6 is 11.8 Å². The summed E-state index contributed by atoms with van der Waals surface area (Å²) in [4.78, 5) is 5.60. The van der Waals surface area contributed by atoms with E-state index in [1.807, 2.05) is 36.2 Å². The minimum Gasteiger partial charge on any atom is -0.378 e. The highest BCUT2D eigenvalue weighted by Crippen LogP contribution is 2.26. The SMILES string of the molecule is CCSc1ccccc1NCc1ccccn1. The van der Waals surface area contributed by atoms with Crippen molar-refractivity contribution in [2.45, 2.75) is 18.4 Å². The smallest absolute Gasteiger partial charge is 0.0594 e. The van der Waals surface area contributed by atoms with Gasteiger partial charge in [-0.15, -0.1) is 11.8 Å². The van der Waals surface area contributed by atoms with E-state index in [-0.39, 0.29) is 0 Å². The van der Waals surface area contributed by atoms with Gasteiger partial charge in [-0.2, -0.15) is 0 Å². The molecule has 2 rings (SSSR count). The van der Waals surface area contributed by atoms with Crippen molar-refractivity contribution in [3.05, 3.63) is 54.4 Å². The largest absolute Gasteiger partial charge is 0.378 e. The number of thioether (sulfide) groups is 1. The number of hydrogen-bond donors (Lipinski definition) is 1. The Morgan fingerprint density at radius 1 is 1.12 bits per heavy atom. The zero-order chi connectivity index (χ0) is 11.9. The first-order chi connectivity index (χ1) is 8.40. The Bertz CT molecular complexity index is 457. The normalized spacial score (nSPS) is 10.2. The second-order valence-electron chi connectivity index (χ2n) is 3.60. The third-order valence-electron chi connectivity index (χ3n) is 2.37. The zero-order valence-corrected chi connectivity index (χ0v) is 10.7. The van der Waals surface area contributed by atoms with E-state index in [2.05, 4.69) is 41.5 Å². The number of nitrogens with one attached hydrogen (secondary N) is 1. The van der Waals surface area contributed by atoms with Crippen molar-refractivity contribution in [1.82, 2.24) is 4.98 Å². The third kappa shape index (κ3) is 3.49. The maximum atomic E-state index is 4.30. The van der Waals surface area contributed by atoms with Gasteiger partial charge < -0.3 is 5.32 Å². The number of para-hydroxylation sites is 1. The van der Waals surface area contributed by atoms with E-state index in [0.29, 0.717) is 0 Å². The molecule has 1 aromatic heterocycles. The van der Waals surface area contributed by atoms with Gasteiger partial charge in [-0.3, -0.25) is 4.98 Å². The number of aromatic nitrogens is 1. The van der Waals surface area contributed by atoms with E-state index in [4.69, 9.17) is 0 Å². The summed E-state index contributed by atoms with van der Waals surface area (Å²) in [5.74, 6) is 1.09. The summed E-state index contributed by atoms with van der Waals surface area (Å²) in [5.41, 5.74) is 2.24.